The van der Waals surface area contributed by atoms with Crippen LogP contribution in [0.3, 0.4) is 0 Å². The maximum Gasteiger partial charge on any atom is 0.214 e. The van der Waals surface area contributed by atoms with Crippen molar-refractivity contribution in [1.82, 2.24) is 19.1 Å². The SMILES string of the molecule is CCS(=O)(=O)N(CCc1cccs1)Cc1nnc(C)n1C. The highest BCUT2D eigenvalue weighted by Crippen LogP contribution is 2.14. The number of sulfonamides is 1. The molecule has 0 N–H and O–H groups in total. The molecule has 0 aliphatic heterocycles. The number of aromatic nitrogens is 3. The van der Waals surface area contributed by atoms with Crippen LogP contribution in [0.1, 0.15) is 23.4 Å². The van der Waals surface area contributed by atoms with Gasteiger partial charge in [-0.15, -0.1) is 21.5 Å². The number of nitrogens with zero attached hydrogens (tertiary/aromatic N) is 4. The van der Waals surface area contributed by atoms with Crippen molar-refractivity contribution in [3.05, 3.63) is 34.0 Å². The Morgan fingerprint density at radius 3 is 2.67 bits per heavy atom. The van der Waals surface area contributed by atoms with Gasteiger partial charge < -0.3 is 4.57 Å². The Hall–Kier alpha value is -1.25. The van der Waals surface area contributed by atoms with Gasteiger partial charge in [0.25, 0.3) is 0 Å². The molecule has 0 unspecified atom stereocenters. The molecule has 2 rings (SSSR count). The van der Waals surface area contributed by atoms with Gasteiger partial charge in [0, 0.05) is 18.5 Å². The Kier molecular flexibility index (Phi) is 5.13. The molecule has 2 aromatic heterocycles. The van der Waals surface area contributed by atoms with Crippen LogP contribution in [0.2, 0.25) is 0 Å². The van der Waals surface area contributed by atoms with Crippen molar-refractivity contribution in [2.75, 3.05) is 12.3 Å². The third kappa shape index (κ3) is 3.90. The maximum atomic E-state index is 12.3. The van der Waals surface area contributed by atoms with Crippen LogP contribution >= 0.6 is 11.3 Å². The van der Waals surface area contributed by atoms with Crippen molar-refractivity contribution in [1.29, 1.82) is 0 Å². The Labute approximate surface area is 129 Å². The maximum absolute atomic E-state index is 12.3. The quantitative estimate of drug-likeness (QED) is 0.774. The molecule has 2 heterocycles. The predicted molar refractivity (Wildman–Crippen MR) is 83.6 cm³/mol. The van der Waals surface area contributed by atoms with Gasteiger partial charge in [0.05, 0.1) is 12.3 Å². The van der Waals surface area contributed by atoms with E-state index in [1.165, 1.54) is 9.18 Å². The molecule has 0 radical (unpaired) electrons. The van der Waals surface area contributed by atoms with Crippen LogP contribution in [-0.4, -0.2) is 39.8 Å². The molecular weight excluding hydrogens is 308 g/mol. The molecule has 0 bridgehead atoms. The molecule has 8 heteroatoms. The Morgan fingerprint density at radius 1 is 1.38 bits per heavy atom. The first-order valence-electron chi connectivity index (χ1n) is 6.79. The van der Waals surface area contributed by atoms with Crippen LogP contribution in [0.25, 0.3) is 0 Å². The molecule has 116 valence electrons. The summed E-state index contributed by atoms with van der Waals surface area (Å²) in [5.41, 5.74) is 0. The summed E-state index contributed by atoms with van der Waals surface area (Å²) in [6.45, 7) is 4.23. The second kappa shape index (κ2) is 6.67. The minimum Gasteiger partial charge on any atom is -0.317 e. The lowest BCUT2D eigenvalue weighted by Crippen LogP contribution is -2.34. The largest absolute Gasteiger partial charge is 0.317 e. The molecule has 0 saturated carbocycles. The van der Waals surface area contributed by atoms with E-state index in [1.807, 2.05) is 36.1 Å². The normalized spacial score (nSPS) is 12.2. The highest BCUT2D eigenvalue weighted by molar-refractivity contribution is 7.89. The van der Waals surface area contributed by atoms with Gasteiger partial charge >= 0.3 is 0 Å². The molecule has 0 amide bonds. The minimum absolute atomic E-state index is 0.0915. The number of thiophene rings is 1. The number of hydrogen-bond acceptors (Lipinski definition) is 5. The molecular formula is C13H20N4O2S2. The lowest BCUT2D eigenvalue weighted by atomic mass is 10.3. The van der Waals surface area contributed by atoms with Crippen LogP contribution in [0.15, 0.2) is 17.5 Å². The molecule has 0 aromatic carbocycles. The monoisotopic (exact) mass is 328 g/mol. The third-order valence-corrected chi connectivity index (χ3v) is 6.21. The van der Waals surface area contributed by atoms with Gasteiger partial charge in [-0.05, 0) is 31.7 Å². The number of aryl methyl sites for hydroxylation is 1. The third-order valence-electron chi connectivity index (χ3n) is 3.45. The summed E-state index contributed by atoms with van der Waals surface area (Å²) in [7, 11) is -1.41. The second-order valence-corrected chi connectivity index (χ2v) is 8.08. The molecule has 0 aliphatic carbocycles. The van der Waals surface area contributed by atoms with E-state index < -0.39 is 10.0 Å². The van der Waals surface area contributed by atoms with Gasteiger partial charge in [0.2, 0.25) is 10.0 Å². The van der Waals surface area contributed by atoms with Gasteiger partial charge in [0.15, 0.2) is 0 Å². The summed E-state index contributed by atoms with van der Waals surface area (Å²) < 4.78 is 27.8. The van der Waals surface area contributed by atoms with E-state index in [-0.39, 0.29) is 12.3 Å². The highest BCUT2D eigenvalue weighted by atomic mass is 32.2. The zero-order chi connectivity index (χ0) is 15.5. The van der Waals surface area contributed by atoms with Gasteiger partial charge in [-0.1, -0.05) is 6.07 Å². The van der Waals surface area contributed by atoms with E-state index in [9.17, 15) is 8.42 Å². The molecule has 0 fully saturated rings. The van der Waals surface area contributed by atoms with Crippen molar-refractivity contribution in [3.63, 3.8) is 0 Å². The van der Waals surface area contributed by atoms with Gasteiger partial charge in [-0.2, -0.15) is 4.31 Å². The summed E-state index contributed by atoms with van der Waals surface area (Å²) in [4.78, 5) is 1.18. The summed E-state index contributed by atoms with van der Waals surface area (Å²) >= 11 is 1.64. The lowest BCUT2D eigenvalue weighted by Gasteiger charge is -2.20. The van der Waals surface area contributed by atoms with Crippen molar-refractivity contribution >= 4 is 21.4 Å². The van der Waals surface area contributed by atoms with Crippen molar-refractivity contribution in [2.45, 2.75) is 26.8 Å². The summed E-state index contributed by atoms with van der Waals surface area (Å²) in [5, 5.41) is 10.0. The van der Waals surface area contributed by atoms with E-state index in [0.29, 0.717) is 18.8 Å². The molecule has 21 heavy (non-hydrogen) atoms. The van der Waals surface area contributed by atoms with Gasteiger partial charge in [-0.25, -0.2) is 8.42 Å². The lowest BCUT2D eigenvalue weighted by molar-refractivity contribution is 0.397. The van der Waals surface area contributed by atoms with Crippen LogP contribution in [0, 0.1) is 6.92 Å². The van der Waals surface area contributed by atoms with E-state index in [4.69, 9.17) is 0 Å². The molecule has 0 saturated heterocycles. The Morgan fingerprint density at radius 2 is 2.14 bits per heavy atom. The fourth-order valence-corrected chi connectivity index (χ4v) is 3.68. The fourth-order valence-electron chi connectivity index (χ4n) is 1.94. The smallest absolute Gasteiger partial charge is 0.214 e. The van der Waals surface area contributed by atoms with E-state index in [1.54, 1.807) is 18.3 Å². The fraction of sp³-hybridized carbons (Fsp3) is 0.538. The topological polar surface area (TPSA) is 68.1 Å². The summed E-state index contributed by atoms with van der Waals surface area (Å²) in [6.07, 6.45) is 0.716. The van der Waals surface area contributed by atoms with Crippen LogP contribution in [0.4, 0.5) is 0 Å². The number of rotatable bonds is 7. The van der Waals surface area contributed by atoms with E-state index >= 15 is 0 Å². The molecule has 6 nitrogen and oxygen atoms in total. The molecule has 2 aromatic rings. The molecule has 0 spiro atoms. The Bertz CT molecular complexity index is 677. The van der Waals surface area contributed by atoms with Gasteiger partial charge in [0.1, 0.15) is 11.6 Å². The van der Waals surface area contributed by atoms with Gasteiger partial charge in [-0.3, -0.25) is 0 Å². The highest BCUT2D eigenvalue weighted by Gasteiger charge is 2.22. The molecule has 0 aliphatic rings. The molecule has 0 atom stereocenters. The average molecular weight is 328 g/mol. The van der Waals surface area contributed by atoms with Crippen LogP contribution in [-0.2, 0) is 30.0 Å². The number of hydrogen-bond donors (Lipinski definition) is 0. The zero-order valence-corrected chi connectivity index (χ0v) is 14.1. The van der Waals surface area contributed by atoms with E-state index in [2.05, 4.69) is 10.2 Å². The average Bonchev–Trinajstić information content (AvgIpc) is 3.08. The minimum atomic E-state index is -3.26. The Balaban J connectivity index is 2.14. The first-order chi connectivity index (χ1) is 9.94. The summed E-state index contributed by atoms with van der Waals surface area (Å²) in [5.74, 6) is 1.53. The zero-order valence-electron chi connectivity index (χ0n) is 12.5. The first-order valence-corrected chi connectivity index (χ1v) is 9.28. The van der Waals surface area contributed by atoms with Crippen LogP contribution in [0.5, 0.6) is 0 Å². The van der Waals surface area contributed by atoms with Crippen molar-refractivity contribution in [3.8, 4) is 0 Å². The van der Waals surface area contributed by atoms with Crippen LogP contribution < -0.4 is 0 Å². The summed E-state index contributed by atoms with van der Waals surface area (Å²) in [6, 6.07) is 4.00. The standard InChI is InChI=1S/C13H20N4O2S2/c1-4-21(18,19)17(8-7-12-6-5-9-20-12)10-13-15-14-11(2)16(13)3/h5-6,9H,4,7-8,10H2,1-3H3. The van der Waals surface area contributed by atoms with E-state index in [0.717, 1.165) is 5.82 Å². The first kappa shape index (κ1) is 16.1. The van der Waals surface area contributed by atoms with Crippen molar-refractivity contribution < 1.29 is 8.42 Å². The van der Waals surface area contributed by atoms with Crippen molar-refractivity contribution in [2.24, 2.45) is 7.05 Å². The second-order valence-electron chi connectivity index (χ2n) is 4.79. The predicted octanol–water partition coefficient (Wildman–Crippen LogP) is 1.58.